The van der Waals surface area contributed by atoms with Gasteiger partial charge >= 0.3 is 0 Å². The van der Waals surface area contributed by atoms with Crippen LogP contribution in [-0.2, 0) is 0 Å². The monoisotopic (exact) mass is 451 g/mol. The van der Waals surface area contributed by atoms with Crippen molar-refractivity contribution in [2.24, 2.45) is 0 Å². The summed E-state index contributed by atoms with van der Waals surface area (Å²) in [5.74, 6) is 0.719. The van der Waals surface area contributed by atoms with Crippen LogP contribution in [0.4, 0.5) is 5.69 Å². The highest BCUT2D eigenvalue weighted by atomic mass is 32.1. The highest BCUT2D eigenvalue weighted by Crippen LogP contribution is 2.34. The first-order valence-corrected chi connectivity index (χ1v) is 11.4. The van der Waals surface area contributed by atoms with E-state index in [2.05, 4.69) is 62.4 Å². The summed E-state index contributed by atoms with van der Waals surface area (Å²) in [6, 6.07) is 14.6. The number of pyridine rings is 2. The van der Waals surface area contributed by atoms with Gasteiger partial charge in [0, 0.05) is 42.3 Å². The van der Waals surface area contributed by atoms with Crippen molar-refractivity contribution in [3.05, 3.63) is 65.9 Å². The van der Waals surface area contributed by atoms with Crippen molar-refractivity contribution in [2.75, 3.05) is 19.0 Å². The standard InChI is InChI=1S/C25H21N7S/c1-14-4-7-21(33-14)24-23-20(8-9-27-24)28-25(29-23)22-18-11-15(5-6-19(18)30-31-22)16-10-17(32(2)3)13-26-12-16/h4-13H,1-3H3,(H,28,29)(H,30,31). The Morgan fingerprint density at radius 3 is 2.64 bits per heavy atom. The third-order valence-electron chi connectivity index (χ3n) is 5.74. The Bertz CT molecular complexity index is 1620. The largest absolute Gasteiger partial charge is 0.376 e. The molecule has 0 fully saturated rings. The number of aromatic nitrogens is 6. The maximum atomic E-state index is 4.92. The highest BCUT2D eigenvalue weighted by molar-refractivity contribution is 7.15. The molecule has 0 bridgehead atoms. The second kappa shape index (κ2) is 7.53. The molecule has 8 heteroatoms. The summed E-state index contributed by atoms with van der Waals surface area (Å²) < 4.78 is 0. The maximum Gasteiger partial charge on any atom is 0.159 e. The lowest BCUT2D eigenvalue weighted by molar-refractivity contribution is 1.11. The van der Waals surface area contributed by atoms with Crippen LogP contribution in [0.25, 0.3) is 55.2 Å². The number of nitrogens with one attached hydrogen (secondary N) is 2. The topological polar surface area (TPSA) is 86.4 Å². The summed E-state index contributed by atoms with van der Waals surface area (Å²) >= 11 is 1.72. The number of anilines is 1. The van der Waals surface area contributed by atoms with Crippen LogP contribution in [-0.4, -0.2) is 44.2 Å². The molecule has 0 radical (unpaired) electrons. The van der Waals surface area contributed by atoms with Gasteiger partial charge in [0.2, 0.25) is 0 Å². The average molecular weight is 452 g/mol. The van der Waals surface area contributed by atoms with Gasteiger partial charge in [0.15, 0.2) is 5.82 Å². The second-order valence-electron chi connectivity index (χ2n) is 8.21. The molecule has 1 aromatic carbocycles. The summed E-state index contributed by atoms with van der Waals surface area (Å²) in [7, 11) is 4.03. The van der Waals surface area contributed by atoms with Gasteiger partial charge < -0.3 is 9.88 Å². The van der Waals surface area contributed by atoms with E-state index in [9.17, 15) is 0 Å². The maximum absolute atomic E-state index is 4.92. The van der Waals surface area contributed by atoms with E-state index in [1.165, 1.54) is 4.88 Å². The van der Waals surface area contributed by atoms with Crippen molar-refractivity contribution in [3.8, 4) is 33.2 Å². The number of imidazole rings is 1. The minimum Gasteiger partial charge on any atom is -0.376 e. The average Bonchev–Trinajstić information content (AvgIpc) is 3.55. The third kappa shape index (κ3) is 3.35. The smallest absolute Gasteiger partial charge is 0.159 e. The summed E-state index contributed by atoms with van der Waals surface area (Å²) in [4.78, 5) is 21.8. The predicted octanol–water partition coefficient (Wildman–Crippen LogP) is 5.67. The lowest BCUT2D eigenvalue weighted by Gasteiger charge is -2.13. The second-order valence-corrected chi connectivity index (χ2v) is 9.50. The van der Waals surface area contributed by atoms with Gasteiger partial charge in [0.05, 0.1) is 27.8 Å². The zero-order chi connectivity index (χ0) is 22.5. The first kappa shape index (κ1) is 19.6. The molecule has 0 aliphatic carbocycles. The first-order valence-electron chi connectivity index (χ1n) is 10.6. The minimum absolute atomic E-state index is 0.719. The number of aromatic amines is 2. The third-order valence-corrected chi connectivity index (χ3v) is 6.74. The predicted molar refractivity (Wildman–Crippen MR) is 135 cm³/mol. The number of thiophene rings is 1. The van der Waals surface area contributed by atoms with Gasteiger partial charge in [0.1, 0.15) is 16.9 Å². The van der Waals surface area contributed by atoms with E-state index < -0.39 is 0 Å². The fourth-order valence-corrected chi connectivity index (χ4v) is 4.86. The Balaban J connectivity index is 1.48. The summed E-state index contributed by atoms with van der Waals surface area (Å²) in [6.07, 6.45) is 5.57. The van der Waals surface area contributed by atoms with Crippen LogP contribution in [0, 0.1) is 6.92 Å². The van der Waals surface area contributed by atoms with Crippen molar-refractivity contribution < 1.29 is 0 Å². The highest BCUT2D eigenvalue weighted by Gasteiger charge is 2.17. The van der Waals surface area contributed by atoms with Crippen molar-refractivity contribution in [1.82, 2.24) is 30.1 Å². The molecule has 0 amide bonds. The van der Waals surface area contributed by atoms with Gasteiger partial charge in [-0.05, 0) is 48.9 Å². The number of nitrogens with zero attached hydrogens (tertiary/aromatic N) is 5. The molecule has 5 aromatic heterocycles. The zero-order valence-electron chi connectivity index (χ0n) is 18.4. The lowest BCUT2D eigenvalue weighted by Crippen LogP contribution is -2.08. The van der Waals surface area contributed by atoms with Crippen molar-refractivity contribution in [1.29, 1.82) is 0 Å². The van der Waals surface area contributed by atoms with Crippen LogP contribution in [0.2, 0.25) is 0 Å². The summed E-state index contributed by atoms with van der Waals surface area (Å²) in [5.41, 5.74) is 7.61. The molecular weight excluding hydrogens is 430 g/mol. The summed E-state index contributed by atoms with van der Waals surface area (Å²) in [5, 5.41) is 8.73. The van der Waals surface area contributed by atoms with E-state index in [-0.39, 0.29) is 0 Å². The summed E-state index contributed by atoms with van der Waals surface area (Å²) in [6.45, 7) is 2.10. The lowest BCUT2D eigenvalue weighted by atomic mass is 10.0. The Hall–Kier alpha value is -4.04. The minimum atomic E-state index is 0.719. The molecule has 0 aliphatic heterocycles. The van der Waals surface area contributed by atoms with E-state index in [0.29, 0.717) is 0 Å². The van der Waals surface area contributed by atoms with Gasteiger partial charge in [-0.25, -0.2) is 4.98 Å². The molecule has 0 saturated heterocycles. The van der Waals surface area contributed by atoms with Crippen molar-refractivity contribution in [2.45, 2.75) is 6.92 Å². The van der Waals surface area contributed by atoms with Gasteiger partial charge in [-0.3, -0.25) is 15.1 Å². The molecule has 2 N–H and O–H groups in total. The quantitative estimate of drug-likeness (QED) is 0.361. The van der Waals surface area contributed by atoms with E-state index in [4.69, 9.17) is 4.98 Å². The van der Waals surface area contributed by atoms with Gasteiger partial charge in [0.25, 0.3) is 0 Å². The number of benzene rings is 1. The van der Waals surface area contributed by atoms with E-state index in [0.717, 1.165) is 60.8 Å². The number of fused-ring (bicyclic) bond motifs is 2. The van der Waals surface area contributed by atoms with Crippen LogP contribution < -0.4 is 4.90 Å². The van der Waals surface area contributed by atoms with Crippen LogP contribution >= 0.6 is 11.3 Å². The number of hydrogen-bond acceptors (Lipinski definition) is 6. The van der Waals surface area contributed by atoms with Crippen molar-refractivity contribution in [3.63, 3.8) is 0 Å². The van der Waals surface area contributed by atoms with E-state index in [1.807, 2.05) is 49.7 Å². The van der Waals surface area contributed by atoms with Crippen LogP contribution in [0.3, 0.4) is 0 Å². The molecule has 0 spiro atoms. The number of H-pyrrole nitrogens is 2. The van der Waals surface area contributed by atoms with Gasteiger partial charge in [-0.2, -0.15) is 5.10 Å². The Morgan fingerprint density at radius 1 is 0.909 bits per heavy atom. The number of hydrogen-bond donors (Lipinski definition) is 2. The van der Waals surface area contributed by atoms with E-state index >= 15 is 0 Å². The molecule has 0 aliphatic rings. The van der Waals surface area contributed by atoms with Crippen LogP contribution in [0.1, 0.15) is 4.88 Å². The molecule has 6 aromatic rings. The van der Waals surface area contributed by atoms with E-state index in [1.54, 1.807) is 11.3 Å². The normalized spacial score (nSPS) is 11.5. The molecule has 5 heterocycles. The van der Waals surface area contributed by atoms with Crippen LogP contribution in [0.15, 0.2) is 61.1 Å². The Kier molecular flexibility index (Phi) is 4.48. The Morgan fingerprint density at radius 2 is 1.82 bits per heavy atom. The molecule has 0 unspecified atom stereocenters. The number of aryl methyl sites for hydroxylation is 1. The van der Waals surface area contributed by atoms with Gasteiger partial charge in [-0.15, -0.1) is 11.3 Å². The molecule has 6 rings (SSSR count). The van der Waals surface area contributed by atoms with Crippen LogP contribution in [0.5, 0.6) is 0 Å². The zero-order valence-corrected chi connectivity index (χ0v) is 19.2. The fraction of sp³-hybridized carbons (Fsp3) is 0.120. The molecule has 7 nitrogen and oxygen atoms in total. The Labute approximate surface area is 194 Å². The molecule has 33 heavy (non-hydrogen) atoms. The number of rotatable bonds is 4. The van der Waals surface area contributed by atoms with Gasteiger partial charge in [-0.1, -0.05) is 6.07 Å². The first-order chi connectivity index (χ1) is 16.1. The molecular formula is C25H21N7S. The SMILES string of the molecule is Cc1ccc(-c2nccc3[nH]c(-c4n[nH]c5ccc(-c6cncc(N(C)C)c6)cc45)nc23)s1. The fourth-order valence-electron chi connectivity index (χ4n) is 3.99. The molecule has 0 saturated carbocycles. The molecule has 162 valence electrons. The van der Waals surface area contributed by atoms with Crippen molar-refractivity contribution >= 4 is 39.0 Å². The molecule has 0 atom stereocenters.